The van der Waals surface area contributed by atoms with E-state index < -0.39 is 5.60 Å². The molecule has 2 saturated heterocycles. The topological polar surface area (TPSA) is 61.9 Å². The molecule has 2 amide bonds. The van der Waals surface area contributed by atoms with Gasteiger partial charge in [-0.15, -0.1) is 12.4 Å². The lowest BCUT2D eigenvalue weighted by Crippen LogP contribution is -2.59. The van der Waals surface area contributed by atoms with Crippen LogP contribution in [0.4, 0.5) is 0 Å². The lowest BCUT2D eigenvalue weighted by atomic mass is 9.90. The van der Waals surface area contributed by atoms with Crippen LogP contribution in [-0.2, 0) is 20.7 Å². The minimum absolute atomic E-state index is 0. The summed E-state index contributed by atoms with van der Waals surface area (Å²) in [5.74, 6) is 0.210. The molecule has 2 fully saturated rings. The first-order valence-corrected chi connectivity index (χ1v) is 9.43. The van der Waals surface area contributed by atoms with Gasteiger partial charge in [-0.25, -0.2) is 0 Å². The zero-order valence-electron chi connectivity index (χ0n) is 16.2. The number of carbonyl (C=O) groups is 2. The molecule has 3 rings (SSSR count). The van der Waals surface area contributed by atoms with Crippen molar-refractivity contribution in [1.82, 2.24) is 15.1 Å². The lowest BCUT2D eigenvalue weighted by molar-refractivity contribution is -0.161. The molecule has 0 aromatic heterocycles. The van der Waals surface area contributed by atoms with Crippen molar-refractivity contribution in [2.24, 2.45) is 0 Å². The Kier molecular flexibility index (Phi) is 7.65. The second kappa shape index (κ2) is 9.53. The van der Waals surface area contributed by atoms with Crippen molar-refractivity contribution in [3.63, 3.8) is 0 Å². The van der Waals surface area contributed by atoms with E-state index in [2.05, 4.69) is 5.32 Å². The van der Waals surface area contributed by atoms with Gasteiger partial charge in [-0.2, -0.15) is 0 Å². The first-order valence-electron chi connectivity index (χ1n) is 9.43. The van der Waals surface area contributed by atoms with E-state index in [1.165, 1.54) is 0 Å². The highest BCUT2D eigenvalue weighted by molar-refractivity contribution is 5.86. The molecular weight excluding hydrogens is 366 g/mol. The number of hydrogen-bond donors (Lipinski definition) is 1. The number of nitrogens with zero attached hydrogens (tertiary/aromatic N) is 2. The number of rotatable bonds is 4. The summed E-state index contributed by atoms with van der Waals surface area (Å²) in [6.45, 7) is 5.97. The maximum Gasteiger partial charge on any atom is 0.255 e. The number of benzene rings is 1. The predicted octanol–water partition coefficient (Wildman–Crippen LogP) is 1.40. The summed E-state index contributed by atoms with van der Waals surface area (Å²) >= 11 is 0. The Morgan fingerprint density at radius 1 is 1.07 bits per heavy atom. The highest BCUT2D eigenvalue weighted by atomic mass is 35.5. The van der Waals surface area contributed by atoms with E-state index in [-0.39, 0.29) is 24.2 Å². The fraction of sp³-hybridized carbons (Fsp3) is 0.600. The average molecular weight is 396 g/mol. The summed E-state index contributed by atoms with van der Waals surface area (Å²) in [5.41, 5.74) is 1.52. The zero-order chi connectivity index (χ0) is 18.6. The molecule has 1 aromatic rings. The Bertz CT molecular complexity index is 654. The molecular formula is C20H30ClN3O3. The van der Waals surface area contributed by atoms with Crippen LogP contribution in [0.5, 0.6) is 0 Å². The Balaban J connectivity index is 0.00000261. The minimum atomic E-state index is -0.696. The number of nitrogens with one attached hydrogen (secondary N) is 1. The van der Waals surface area contributed by atoms with E-state index in [9.17, 15) is 9.59 Å². The molecule has 0 atom stereocenters. The van der Waals surface area contributed by atoms with Gasteiger partial charge in [0.05, 0.1) is 6.42 Å². The van der Waals surface area contributed by atoms with Crippen LogP contribution in [0.3, 0.4) is 0 Å². The summed E-state index contributed by atoms with van der Waals surface area (Å²) < 4.78 is 5.65. The van der Waals surface area contributed by atoms with Crippen LogP contribution in [0.15, 0.2) is 24.3 Å². The van der Waals surface area contributed by atoms with E-state index in [1.807, 2.05) is 41.0 Å². The second-order valence-corrected chi connectivity index (χ2v) is 7.22. The standard InChI is InChI=1S/C20H29N3O3.ClH/c1-16-5-3-4-6-17(16)15-18(24)22-11-13-23(14-12-22)19(25)20(26-2)7-9-21-10-8-20;/h3-6,21H,7-15H2,1-2H3;1H. The first-order chi connectivity index (χ1) is 12.6. The summed E-state index contributed by atoms with van der Waals surface area (Å²) in [6, 6.07) is 7.99. The minimum Gasteiger partial charge on any atom is -0.368 e. The van der Waals surface area contributed by atoms with Gasteiger partial charge in [0.25, 0.3) is 5.91 Å². The van der Waals surface area contributed by atoms with Gasteiger partial charge in [-0.05, 0) is 44.0 Å². The van der Waals surface area contributed by atoms with Gasteiger partial charge in [-0.1, -0.05) is 24.3 Å². The molecule has 6 nitrogen and oxygen atoms in total. The smallest absolute Gasteiger partial charge is 0.255 e. The van der Waals surface area contributed by atoms with Crippen LogP contribution in [0.25, 0.3) is 0 Å². The molecule has 150 valence electrons. The van der Waals surface area contributed by atoms with Crippen LogP contribution in [-0.4, -0.2) is 73.6 Å². The van der Waals surface area contributed by atoms with E-state index in [4.69, 9.17) is 4.74 Å². The van der Waals surface area contributed by atoms with E-state index >= 15 is 0 Å². The van der Waals surface area contributed by atoms with Crippen molar-refractivity contribution in [3.8, 4) is 0 Å². The number of hydrogen-bond acceptors (Lipinski definition) is 4. The molecule has 2 aliphatic rings. The largest absolute Gasteiger partial charge is 0.368 e. The number of piperidine rings is 1. The average Bonchev–Trinajstić information content (AvgIpc) is 2.69. The van der Waals surface area contributed by atoms with Gasteiger partial charge in [-0.3, -0.25) is 9.59 Å². The highest BCUT2D eigenvalue weighted by Gasteiger charge is 2.43. The summed E-state index contributed by atoms with van der Waals surface area (Å²) in [5, 5.41) is 3.28. The fourth-order valence-corrected chi connectivity index (χ4v) is 3.87. The van der Waals surface area contributed by atoms with Crippen molar-refractivity contribution in [2.75, 3.05) is 46.4 Å². The molecule has 0 radical (unpaired) electrons. The Hall–Kier alpha value is -1.63. The van der Waals surface area contributed by atoms with Crippen LogP contribution >= 0.6 is 12.4 Å². The highest BCUT2D eigenvalue weighted by Crippen LogP contribution is 2.26. The van der Waals surface area contributed by atoms with Gasteiger partial charge in [0.2, 0.25) is 5.91 Å². The molecule has 0 aliphatic carbocycles. The van der Waals surface area contributed by atoms with Crippen molar-refractivity contribution in [1.29, 1.82) is 0 Å². The maximum atomic E-state index is 13.0. The number of aryl methyl sites for hydroxylation is 1. The predicted molar refractivity (Wildman–Crippen MR) is 107 cm³/mol. The Morgan fingerprint density at radius 3 is 2.26 bits per heavy atom. The quantitative estimate of drug-likeness (QED) is 0.837. The number of methoxy groups -OCH3 is 1. The molecule has 0 bridgehead atoms. The van der Waals surface area contributed by atoms with Crippen molar-refractivity contribution in [3.05, 3.63) is 35.4 Å². The van der Waals surface area contributed by atoms with Gasteiger partial charge >= 0.3 is 0 Å². The molecule has 2 aliphatic heterocycles. The number of carbonyl (C=O) groups excluding carboxylic acids is 2. The zero-order valence-corrected chi connectivity index (χ0v) is 17.0. The molecule has 7 heteroatoms. The molecule has 0 unspecified atom stereocenters. The second-order valence-electron chi connectivity index (χ2n) is 7.22. The number of amides is 2. The van der Waals surface area contributed by atoms with Crippen LogP contribution < -0.4 is 5.32 Å². The lowest BCUT2D eigenvalue weighted by Gasteiger charge is -2.42. The van der Waals surface area contributed by atoms with Gasteiger partial charge in [0.15, 0.2) is 0 Å². The maximum absolute atomic E-state index is 13.0. The van der Waals surface area contributed by atoms with Crippen LogP contribution in [0.2, 0.25) is 0 Å². The molecule has 0 saturated carbocycles. The van der Waals surface area contributed by atoms with E-state index in [1.54, 1.807) is 7.11 Å². The normalized spacial score (nSPS) is 19.3. The number of halogens is 1. The van der Waals surface area contributed by atoms with E-state index in [0.29, 0.717) is 45.4 Å². The molecule has 27 heavy (non-hydrogen) atoms. The third-order valence-corrected chi connectivity index (χ3v) is 5.71. The monoisotopic (exact) mass is 395 g/mol. The third kappa shape index (κ3) is 4.81. The summed E-state index contributed by atoms with van der Waals surface area (Å²) in [7, 11) is 1.63. The van der Waals surface area contributed by atoms with Gasteiger partial charge in [0.1, 0.15) is 5.60 Å². The number of piperazine rings is 1. The molecule has 1 aromatic carbocycles. The van der Waals surface area contributed by atoms with Gasteiger partial charge in [0, 0.05) is 33.3 Å². The van der Waals surface area contributed by atoms with Crippen LogP contribution in [0.1, 0.15) is 24.0 Å². The Morgan fingerprint density at radius 2 is 1.67 bits per heavy atom. The Labute approximate surface area is 167 Å². The van der Waals surface area contributed by atoms with Crippen molar-refractivity contribution in [2.45, 2.75) is 31.8 Å². The van der Waals surface area contributed by atoms with Crippen molar-refractivity contribution >= 4 is 24.2 Å². The summed E-state index contributed by atoms with van der Waals surface area (Å²) in [4.78, 5) is 29.3. The SMILES string of the molecule is COC1(C(=O)N2CCN(C(=O)Cc3ccccc3C)CC2)CCNCC1.Cl. The van der Waals surface area contributed by atoms with Crippen LogP contribution in [0, 0.1) is 6.92 Å². The molecule has 0 spiro atoms. The first kappa shape index (κ1) is 21.7. The van der Waals surface area contributed by atoms with Crippen molar-refractivity contribution < 1.29 is 14.3 Å². The van der Waals surface area contributed by atoms with E-state index in [0.717, 1.165) is 24.2 Å². The third-order valence-electron chi connectivity index (χ3n) is 5.71. The fourth-order valence-electron chi connectivity index (χ4n) is 3.87. The number of ether oxygens (including phenoxy) is 1. The van der Waals surface area contributed by atoms with Gasteiger partial charge < -0.3 is 19.9 Å². The summed E-state index contributed by atoms with van der Waals surface area (Å²) in [6.07, 6.45) is 1.83. The molecule has 1 N–H and O–H groups in total. The molecule has 2 heterocycles.